The molecule has 1 atom stereocenters. The van der Waals surface area contributed by atoms with Crippen LogP contribution in [-0.4, -0.2) is 50.5 Å². The summed E-state index contributed by atoms with van der Waals surface area (Å²) >= 11 is 0. The van der Waals surface area contributed by atoms with Gasteiger partial charge in [-0.3, -0.25) is 4.79 Å². The van der Waals surface area contributed by atoms with Crippen molar-refractivity contribution in [1.82, 2.24) is 19.9 Å². The van der Waals surface area contributed by atoms with Crippen LogP contribution in [0.15, 0.2) is 60.9 Å². The highest BCUT2D eigenvalue weighted by atomic mass is 16.5. The molecule has 8 heteroatoms. The van der Waals surface area contributed by atoms with Crippen molar-refractivity contribution in [2.75, 3.05) is 24.6 Å². The predicted molar refractivity (Wildman–Crippen MR) is 125 cm³/mol. The van der Waals surface area contributed by atoms with E-state index >= 15 is 0 Å². The molecule has 33 heavy (non-hydrogen) atoms. The van der Waals surface area contributed by atoms with Crippen molar-refractivity contribution in [2.45, 2.75) is 19.3 Å². The van der Waals surface area contributed by atoms with Crippen molar-refractivity contribution in [3.05, 3.63) is 72.3 Å². The number of hydrogen-bond acceptors (Lipinski definition) is 7. The van der Waals surface area contributed by atoms with E-state index in [0.29, 0.717) is 34.8 Å². The molecule has 0 spiro atoms. The number of hydrogen-bond donors (Lipinski definition) is 2. The van der Waals surface area contributed by atoms with E-state index in [0.717, 1.165) is 43.4 Å². The van der Waals surface area contributed by atoms with Crippen molar-refractivity contribution in [3.63, 3.8) is 0 Å². The van der Waals surface area contributed by atoms with Crippen molar-refractivity contribution in [3.8, 4) is 11.6 Å². The lowest BCUT2D eigenvalue weighted by Crippen LogP contribution is -2.36. The number of H-pyrrole nitrogens is 1. The molecule has 1 fully saturated rings. The fourth-order valence-electron chi connectivity index (χ4n) is 4.27. The van der Waals surface area contributed by atoms with E-state index < -0.39 is 0 Å². The Morgan fingerprint density at radius 3 is 2.76 bits per heavy atom. The summed E-state index contributed by atoms with van der Waals surface area (Å²) < 4.78 is 6.05. The lowest BCUT2D eigenvalue weighted by atomic mass is 9.95. The first-order valence-corrected chi connectivity index (χ1v) is 11.2. The molecule has 0 aliphatic carbocycles. The molecular formula is C25H25N5O3. The van der Waals surface area contributed by atoms with Gasteiger partial charge in [-0.15, -0.1) is 0 Å². The summed E-state index contributed by atoms with van der Waals surface area (Å²) in [5.74, 6) is 2.26. The van der Waals surface area contributed by atoms with Crippen LogP contribution in [0, 0.1) is 5.92 Å². The number of ketones is 1. The molecule has 0 saturated carbocycles. The number of rotatable bonds is 7. The van der Waals surface area contributed by atoms with Gasteiger partial charge in [-0.2, -0.15) is 0 Å². The minimum atomic E-state index is -0.179. The second-order valence-electron chi connectivity index (χ2n) is 8.21. The Morgan fingerprint density at radius 1 is 1.12 bits per heavy atom. The van der Waals surface area contributed by atoms with E-state index in [-0.39, 0.29) is 12.4 Å². The van der Waals surface area contributed by atoms with Crippen LogP contribution in [0.4, 0.5) is 5.82 Å². The van der Waals surface area contributed by atoms with Gasteiger partial charge in [0.1, 0.15) is 5.75 Å². The van der Waals surface area contributed by atoms with Gasteiger partial charge in [-0.25, -0.2) is 15.0 Å². The molecule has 2 aromatic carbocycles. The van der Waals surface area contributed by atoms with Crippen molar-refractivity contribution >= 4 is 22.6 Å². The number of para-hydroxylation sites is 2. The van der Waals surface area contributed by atoms with E-state index in [2.05, 4.69) is 24.8 Å². The zero-order valence-electron chi connectivity index (χ0n) is 18.1. The second-order valence-corrected chi connectivity index (χ2v) is 8.21. The summed E-state index contributed by atoms with van der Waals surface area (Å²) in [4.78, 5) is 31.4. The molecule has 1 saturated heterocycles. The molecule has 0 amide bonds. The summed E-state index contributed by atoms with van der Waals surface area (Å²) in [5.41, 5.74) is 2.11. The number of aliphatic hydroxyl groups is 1. The third-order valence-electron chi connectivity index (χ3n) is 5.94. The van der Waals surface area contributed by atoms with Gasteiger partial charge in [0.15, 0.2) is 11.6 Å². The predicted octanol–water partition coefficient (Wildman–Crippen LogP) is 3.98. The monoisotopic (exact) mass is 443 g/mol. The first-order chi connectivity index (χ1) is 16.2. The zero-order valence-corrected chi connectivity index (χ0v) is 18.1. The van der Waals surface area contributed by atoms with Gasteiger partial charge >= 0.3 is 0 Å². The van der Waals surface area contributed by atoms with Gasteiger partial charge in [0.05, 0.1) is 11.0 Å². The maximum Gasteiger partial charge on any atom is 0.263 e. The number of aliphatic hydroxyl groups excluding tert-OH is 1. The molecule has 168 valence electrons. The van der Waals surface area contributed by atoms with Crippen molar-refractivity contribution in [1.29, 1.82) is 0 Å². The summed E-state index contributed by atoms with van der Waals surface area (Å²) in [6.07, 6.45) is 6.20. The molecule has 5 rings (SSSR count). The first-order valence-electron chi connectivity index (χ1n) is 11.2. The Kier molecular flexibility index (Phi) is 5.99. The SMILES string of the molecule is O=C(c1ccc(Oc2nccnc2N2CCC[C@H](CCO)C2)cc1)c1nc2ccccc2[nH]1. The van der Waals surface area contributed by atoms with Crippen molar-refractivity contribution < 1.29 is 14.6 Å². The van der Waals surface area contributed by atoms with Gasteiger partial charge in [0.25, 0.3) is 5.88 Å². The molecule has 2 N–H and O–H groups in total. The third kappa shape index (κ3) is 4.56. The Balaban J connectivity index is 1.32. The van der Waals surface area contributed by atoms with E-state index in [9.17, 15) is 9.90 Å². The molecular weight excluding hydrogens is 418 g/mol. The number of nitrogens with one attached hydrogen (secondary N) is 1. The largest absolute Gasteiger partial charge is 0.436 e. The number of fused-ring (bicyclic) bond motifs is 1. The Hall–Kier alpha value is -3.78. The van der Waals surface area contributed by atoms with Crippen LogP contribution >= 0.6 is 0 Å². The number of carbonyl (C=O) groups is 1. The maximum atomic E-state index is 12.8. The van der Waals surface area contributed by atoms with Crippen molar-refractivity contribution in [2.24, 2.45) is 5.92 Å². The average Bonchev–Trinajstić information content (AvgIpc) is 3.29. The number of nitrogens with zero attached hydrogens (tertiary/aromatic N) is 4. The molecule has 1 aliphatic rings. The lowest BCUT2D eigenvalue weighted by Gasteiger charge is -2.33. The van der Waals surface area contributed by atoms with Gasteiger partial charge in [0.2, 0.25) is 5.78 Å². The number of aromatic amines is 1. The van der Waals surface area contributed by atoms with Crippen LogP contribution < -0.4 is 9.64 Å². The number of piperidine rings is 1. The Bertz CT molecular complexity index is 1220. The smallest absolute Gasteiger partial charge is 0.263 e. The van der Waals surface area contributed by atoms with Gasteiger partial charge < -0.3 is 19.7 Å². The molecule has 0 radical (unpaired) electrons. The van der Waals surface area contributed by atoms with Crippen LogP contribution in [0.2, 0.25) is 0 Å². The zero-order chi connectivity index (χ0) is 22.6. The fourth-order valence-corrected chi connectivity index (χ4v) is 4.27. The number of imidazole rings is 1. The fraction of sp³-hybridized carbons (Fsp3) is 0.280. The molecule has 8 nitrogen and oxygen atoms in total. The molecule has 1 aliphatic heterocycles. The number of carbonyl (C=O) groups excluding carboxylic acids is 1. The Labute approximate surface area is 191 Å². The van der Waals surface area contributed by atoms with Crippen LogP contribution in [0.3, 0.4) is 0 Å². The van der Waals surface area contributed by atoms with E-state index in [1.165, 1.54) is 0 Å². The lowest BCUT2D eigenvalue weighted by molar-refractivity contribution is 0.103. The molecule has 4 aromatic rings. The van der Waals surface area contributed by atoms with Gasteiger partial charge in [-0.05, 0) is 61.6 Å². The molecule has 0 unspecified atom stereocenters. The Morgan fingerprint density at radius 2 is 1.94 bits per heavy atom. The molecule has 0 bridgehead atoms. The first kappa shape index (κ1) is 21.1. The number of benzene rings is 2. The van der Waals surface area contributed by atoms with Crippen LogP contribution in [0.5, 0.6) is 11.6 Å². The van der Waals surface area contributed by atoms with Crippen LogP contribution in [0.25, 0.3) is 11.0 Å². The average molecular weight is 444 g/mol. The summed E-state index contributed by atoms with van der Waals surface area (Å²) in [6.45, 7) is 1.89. The number of anilines is 1. The highest BCUT2D eigenvalue weighted by Gasteiger charge is 2.24. The summed E-state index contributed by atoms with van der Waals surface area (Å²) in [7, 11) is 0. The maximum absolute atomic E-state index is 12.8. The van der Waals surface area contributed by atoms with Gasteiger partial charge in [-0.1, -0.05) is 12.1 Å². The standard InChI is InChI=1S/C25H25N5O3/c31-15-11-17-4-3-14-30(16-17)24-25(27-13-12-26-24)33-19-9-7-18(8-10-19)22(32)23-28-20-5-1-2-6-21(20)29-23/h1-2,5-10,12-13,17,31H,3-4,11,14-16H2,(H,28,29)/t17-/m1/s1. The highest BCUT2D eigenvalue weighted by Crippen LogP contribution is 2.32. The third-order valence-corrected chi connectivity index (χ3v) is 5.94. The molecule has 3 heterocycles. The van der Waals surface area contributed by atoms with E-state index in [1.807, 2.05) is 24.3 Å². The summed E-state index contributed by atoms with van der Waals surface area (Å²) in [6, 6.07) is 14.5. The highest BCUT2D eigenvalue weighted by molar-refractivity contribution is 6.08. The van der Waals surface area contributed by atoms with E-state index in [1.54, 1.807) is 36.7 Å². The number of aromatic nitrogens is 4. The topological polar surface area (TPSA) is 104 Å². The molecule has 2 aromatic heterocycles. The second kappa shape index (κ2) is 9.38. The minimum Gasteiger partial charge on any atom is -0.436 e. The normalized spacial score (nSPS) is 16.2. The van der Waals surface area contributed by atoms with Gasteiger partial charge in [0, 0.05) is 37.7 Å². The van der Waals surface area contributed by atoms with E-state index in [4.69, 9.17) is 4.74 Å². The van der Waals surface area contributed by atoms with Crippen LogP contribution in [-0.2, 0) is 0 Å². The van der Waals surface area contributed by atoms with Crippen LogP contribution in [0.1, 0.15) is 35.4 Å². The minimum absolute atomic E-state index is 0.179. The summed E-state index contributed by atoms with van der Waals surface area (Å²) in [5, 5.41) is 9.29. The quantitative estimate of drug-likeness (QED) is 0.416. The number of ether oxygens (including phenoxy) is 1.